The van der Waals surface area contributed by atoms with Crippen LogP contribution in [0.5, 0.6) is 0 Å². The number of hydrogen-bond acceptors (Lipinski definition) is 3. The van der Waals surface area contributed by atoms with E-state index in [0.717, 1.165) is 25.1 Å². The molecule has 1 aromatic carbocycles. The molecular weight excluding hydrogens is 309 g/mol. The Morgan fingerprint density at radius 2 is 2.10 bits per heavy atom. The molecule has 0 aliphatic carbocycles. The molecule has 1 aliphatic heterocycles. The SMILES string of the molecule is CC1CN(CC(=O)NCc2ccc(Cl)cc2)CCC1N.Cl. The Bertz CT molecular complexity index is 453. The Labute approximate surface area is 137 Å². The monoisotopic (exact) mass is 331 g/mol. The normalized spacial score (nSPS) is 22.4. The van der Waals surface area contributed by atoms with Crippen LogP contribution in [0.2, 0.25) is 5.02 Å². The number of likely N-dealkylation sites (tertiary alicyclic amines) is 1. The van der Waals surface area contributed by atoms with Crippen molar-refractivity contribution in [3.8, 4) is 0 Å². The predicted molar refractivity (Wildman–Crippen MR) is 88.7 cm³/mol. The molecule has 4 nitrogen and oxygen atoms in total. The van der Waals surface area contributed by atoms with Crippen LogP contribution in [0.15, 0.2) is 24.3 Å². The lowest BCUT2D eigenvalue weighted by Gasteiger charge is -2.34. The summed E-state index contributed by atoms with van der Waals surface area (Å²) >= 11 is 5.82. The zero-order valence-electron chi connectivity index (χ0n) is 12.2. The highest BCUT2D eigenvalue weighted by atomic mass is 35.5. The van der Waals surface area contributed by atoms with Crippen molar-refractivity contribution in [3.63, 3.8) is 0 Å². The van der Waals surface area contributed by atoms with E-state index >= 15 is 0 Å². The maximum Gasteiger partial charge on any atom is 0.234 e. The first-order valence-electron chi connectivity index (χ1n) is 7.03. The minimum Gasteiger partial charge on any atom is -0.351 e. The standard InChI is InChI=1S/C15H22ClN3O.ClH/c1-11-9-19(7-6-14(11)17)10-15(20)18-8-12-2-4-13(16)5-3-12;/h2-5,11,14H,6-10,17H2,1H3,(H,18,20);1H. The van der Waals surface area contributed by atoms with Crippen molar-refractivity contribution < 1.29 is 4.79 Å². The summed E-state index contributed by atoms with van der Waals surface area (Å²) in [6.45, 7) is 4.93. The molecule has 1 aromatic rings. The third-order valence-corrected chi connectivity index (χ3v) is 4.08. The topological polar surface area (TPSA) is 58.4 Å². The predicted octanol–water partition coefficient (Wildman–Crippen LogP) is 2.05. The van der Waals surface area contributed by atoms with Crippen LogP contribution in [0.3, 0.4) is 0 Å². The molecule has 2 unspecified atom stereocenters. The number of piperidine rings is 1. The summed E-state index contributed by atoms with van der Waals surface area (Å²) in [4.78, 5) is 14.1. The van der Waals surface area contributed by atoms with Gasteiger partial charge in [-0.2, -0.15) is 0 Å². The van der Waals surface area contributed by atoms with Gasteiger partial charge in [-0.05, 0) is 30.0 Å². The summed E-state index contributed by atoms with van der Waals surface area (Å²) in [7, 11) is 0. The molecule has 0 aromatic heterocycles. The molecule has 0 saturated carbocycles. The number of benzene rings is 1. The minimum atomic E-state index is 0. The first-order valence-corrected chi connectivity index (χ1v) is 7.41. The molecule has 1 heterocycles. The van der Waals surface area contributed by atoms with Crippen LogP contribution in [0.4, 0.5) is 0 Å². The largest absolute Gasteiger partial charge is 0.351 e. The van der Waals surface area contributed by atoms with Gasteiger partial charge in [0.15, 0.2) is 0 Å². The Morgan fingerprint density at radius 1 is 1.43 bits per heavy atom. The molecule has 0 radical (unpaired) electrons. The van der Waals surface area contributed by atoms with Gasteiger partial charge in [0.05, 0.1) is 6.54 Å². The van der Waals surface area contributed by atoms with Gasteiger partial charge in [0.25, 0.3) is 0 Å². The van der Waals surface area contributed by atoms with Gasteiger partial charge in [-0.3, -0.25) is 9.69 Å². The van der Waals surface area contributed by atoms with Crippen molar-refractivity contribution in [1.82, 2.24) is 10.2 Å². The lowest BCUT2D eigenvalue weighted by Crippen LogP contribution is -2.48. The fourth-order valence-electron chi connectivity index (χ4n) is 2.46. The molecule has 2 rings (SSSR count). The van der Waals surface area contributed by atoms with Gasteiger partial charge >= 0.3 is 0 Å². The number of amides is 1. The zero-order chi connectivity index (χ0) is 14.5. The number of nitrogens with one attached hydrogen (secondary N) is 1. The quantitative estimate of drug-likeness (QED) is 0.887. The van der Waals surface area contributed by atoms with Crippen molar-refractivity contribution in [3.05, 3.63) is 34.9 Å². The number of halogens is 2. The number of carbonyl (C=O) groups excluding carboxylic acids is 1. The number of hydrogen-bond donors (Lipinski definition) is 2. The second kappa shape index (κ2) is 8.59. The highest BCUT2D eigenvalue weighted by molar-refractivity contribution is 6.30. The molecule has 0 spiro atoms. The maximum atomic E-state index is 11.9. The van der Waals surface area contributed by atoms with Crippen LogP contribution >= 0.6 is 24.0 Å². The van der Waals surface area contributed by atoms with E-state index in [1.54, 1.807) is 0 Å². The second-order valence-corrected chi connectivity index (χ2v) is 6.00. The number of nitrogens with two attached hydrogens (primary N) is 1. The summed E-state index contributed by atoms with van der Waals surface area (Å²) in [6.07, 6.45) is 0.964. The van der Waals surface area contributed by atoms with Gasteiger partial charge in [0.2, 0.25) is 5.91 Å². The summed E-state index contributed by atoms with van der Waals surface area (Å²) in [6, 6.07) is 7.77. The van der Waals surface area contributed by atoms with E-state index < -0.39 is 0 Å². The molecule has 0 bridgehead atoms. The van der Waals surface area contributed by atoms with Gasteiger partial charge in [0, 0.05) is 30.7 Å². The summed E-state index contributed by atoms with van der Waals surface area (Å²) in [5.74, 6) is 0.510. The zero-order valence-corrected chi connectivity index (χ0v) is 13.8. The van der Waals surface area contributed by atoms with Crippen molar-refractivity contribution in [2.24, 2.45) is 11.7 Å². The minimum absolute atomic E-state index is 0. The number of rotatable bonds is 4. The first kappa shape index (κ1) is 18.2. The highest BCUT2D eigenvalue weighted by Crippen LogP contribution is 2.14. The fraction of sp³-hybridized carbons (Fsp3) is 0.533. The van der Waals surface area contributed by atoms with E-state index in [2.05, 4.69) is 17.1 Å². The molecule has 118 valence electrons. The summed E-state index contributed by atoms with van der Waals surface area (Å²) in [5.41, 5.74) is 7.03. The molecule has 3 N–H and O–H groups in total. The Balaban J connectivity index is 0.00000220. The fourth-order valence-corrected chi connectivity index (χ4v) is 2.58. The van der Waals surface area contributed by atoms with Gasteiger partial charge in [-0.15, -0.1) is 12.4 Å². The molecule has 1 saturated heterocycles. The Hall–Kier alpha value is -0.810. The second-order valence-electron chi connectivity index (χ2n) is 5.57. The van der Waals surface area contributed by atoms with Crippen molar-refractivity contribution >= 4 is 29.9 Å². The molecular formula is C15H23Cl2N3O. The summed E-state index contributed by atoms with van der Waals surface area (Å²) < 4.78 is 0. The van der Waals surface area contributed by atoms with E-state index in [4.69, 9.17) is 17.3 Å². The lowest BCUT2D eigenvalue weighted by atomic mass is 9.95. The summed E-state index contributed by atoms with van der Waals surface area (Å²) in [5, 5.41) is 3.64. The third kappa shape index (κ3) is 5.83. The number of carbonyl (C=O) groups is 1. The van der Waals surface area contributed by atoms with Crippen LogP contribution in [0, 0.1) is 5.92 Å². The van der Waals surface area contributed by atoms with Crippen LogP contribution < -0.4 is 11.1 Å². The van der Waals surface area contributed by atoms with Crippen molar-refractivity contribution in [2.75, 3.05) is 19.6 Å². The first-order chi connectivity index (χ1) is 9.54. The highest BCUT2D eigenvalue weighted by Gasteiger charge is 2.24. The van der Waals surface area contributed by atoms with Gasteiger partial charge in [-0.1, -0.05) is 30.7 Å². The third-order valence-electron chi connectivity index (χ3n) is 3.83. The molecule has 1 amide bonds. The maximum absolute atomic E-state index is 11.9. The average molecular weight is 332 g/mol. The van der Waals surface area contributed by atoms with Crippen LogP contribution in [0.1, 0.15) is 18.9 Å². The van der Waals surface area contributed by atoms with E-state index in [1.807, 2.05) is 24.3 Å². The van der Waals surface area contributed by atoms with E-state index in [-0.39, 0.29) is 24.4 Å². The van der Waals surface area contributed by atoms with Crippen LogP contribution in [-0.2, 0) is 11.3 Å². The van der Waals surface area contributed by atoms with Gasteiger partial charge < -0.3 is 11.1 Å². The molecule has 6 heteroatoms. The van der Waals surface area contributed by atoms with E-state index in [0.29, 0.717) is 24.0 Å². The molecule has 2 atom stereocenters. The average Bonchev–Trinajstić information content (AvgIpc) is 2.42. The lowest BCUT2D eigenvalue weighted by molar-refractivity contribution is -0.122. The van der Waals surface area contributed by atoms with E-state index in [1.165, 1.54) is 0 Å². The van der Waals surface area contributed by atoms with Crippen LogP contribution in [-0.4, -0.2) is 36.5 Å². The van der Waals surface area contributed by atoms with E-state index in [9.17, 15) is 4.79 Å². The van der Waals surface area contributed by atoms with Gasteiger partial charge in [-0.25, -0.2) is 0 Å². The number of nitrogens with zero attached hydrogens (tertiary/aromatic N) is 1. The molecule has 21 heavy (non-hydrogen) atoms. The van der Waals surface area contributed by atoms with Crippen molar-refractivity contribution in [2.45, 2.75) is 25.9 Å². The molecule has 1 fully saturated rings. The Kier molecular flexibility index (Phi) is 7.46. The smallest absolute Gasteiger partial charge is 0.234 e. The van der Waals surface area contributed by atoms with Crippen molar-refractivity contribution in [1.29, 1.82) is 0 Å². The van der Waals surface area contributed by atoms with Crippen LogP contribution in [0.25, 0.3) is 0 Å². The van der Waals surface area contributed by atoms with Gasteiger partial charge in [0.1, 0.15) is 0 Å². The Morgan fingerprint density at radius 3 is 2.71 bits per heavy atom. The molecule has 1 aliphatic rings.